The smallest absolute Gasteiger partial charge is 0.357 e. The molecule has 0 atom stereocenters. The van der Waals surface area contributed by atoms with Gasteiger partial charge in [-0.3, -0.25) is 9.36 Å². The van der Waals surface area contributed by atoms with Gasteiger partial charge in [-0.25, -0.2) is 0 Å². The van der Waals surface area contributed by atoms with Crippen molar-refractivity contribution in [1.82, 2.24) is 14.8 Å². The average Bonchev–Trinajstić information content (AvgIpc) is 2.44. The molecule has 1 rings (SSSR count). The van der Waals surface area contributed by atoms with Gasteiger partial charge in [-0.05, 0) is 0 Å². The Morgan fingerprint density at radius 1 is 1.50 bits per heavy atom. The molecule has 0 unspecified atom stereocenters. The molecule has 0 bridgehead atoms. The van der Waals surface area contributed by atoms with Crippen molar-refractivity contribution in [2.24, 2.45) is 0 Å². The van der Waals surface area contributed by atoms with Gasteiger partial charge in [-0.2, -0.15) is 13.2 Å². The molecule has 78 valence electrons. The molecule has 0 saturated carbocycles. The van der Waals surface area contributed by atoms with Crippen LogP contribution in [-0.4, -0.2) is 34.3 Å². The summed E-state index contributed by atoms with van der Waals surface area (Å²) in [5.41, 5.74) is 0. The van der Waals surface area contributed by atoms with Crippen LogP contribution in [0.3, 0.4) is 0 Å². The van der Waals surface area contributed by atoms with Gasteiger partial charge in [0.1, 0.15) is 6.54 Å². The maximum Gasteiger partial charge on any atom is 0.406 e. The molecule has 8 heteroatoms. The maximum atomic E-state index is 12.0. The number of carbonyl (C=O) groups is 1. The highest BCUT2D eigenvalue weighted by atomic mass is 19.4. The number of hydrogen-bond acceptors (Lipinski definition) is 4. The molecule has 0 fully saturated rings. The van der Waals surface area contributed by atoms with E-state index < -0.39 is 12.7 Å². The largest absolute Gasteiger partial charge is 0.406 e. The zero-order chi connectivity index (χ0) is 10.8. The number of rotatable bonds is 3. The van der Waals surface area contributed by atoms with Gasteiger partial charge in [0.25, 0.3) is 0 Å². The minimum Gasteiger partial charge on any atom is -0.357 e. The minimum absolute atomic E-state index is 0.0931. The SMILES string of the molecule is CNc1nnc(C=O)n1CC(F)(F)F. The minimum atomic E-state index is -4.41. The van der Waals surface area contributed by atoms with E-state index in [2.05, 4.69) is 15.5 Å². The van der Waals surface area contributed by atoms with Crippen LogP contribution in [0.25, 0.3) is 0 Å². The van der Waals surface area contributed by atoms with E-state index in [0.29, 0.717) is 4.57 Å². The third kappa shape index (κ3) is 2.21. The number of alkyl halides is 3. The Morgan fingerprint density at radius 3 is 2.57 bits per heavy atom. The van der Waals surface area contributed by atoms with E-state index in [9.17, 15) is 18.0 Å². The highest BCUT2D eigenvalue weighted by Crippen LogP contribution is 2.20. The summed E-state index contributed by atoms with van der Waals surface area (Å²) in [5, 5.41) is 9.04. The number of carbonyl (C=O) groups excluding carboxylic acids is 1. The van der Waals surface area contributed by atoms with Crippen LogP contribution in [0.1, 0.15) is 10.6 Å². The van der Waals surface area contributed by atoms with E-state index in [1.54, 1.807) is 0 Å². The second-order valence-corrected chi connectivity index (χ2v) is 2.45. The topological polar surface area (TPSA) is 59.8 Å². The van der Waals surface area contributed by atoms with Crippen molar-refractivity contribution in [3.8, 4) is 0 Å². The lowest BCUT2D eigenvalue weighted by Gasteiger charge is -2.09. The Kier molecular flexibility index (Phi) is 2.73. The van der Waals surface area contributed by atoms with Gasteiger partial charge in [-0.1, -0.05) is 0 Å². The molecule has 0 amide bonds. The van der Waals surface area contributed by atoms with Crippen LogP contribution in [0, 0.1) is 0 Å². The fraction of sp³-hybridized carbons (Fsp3) is 0.500. The Labute approximate surface area is 76.9 Å². The molecule has 0 spiro atoms. The molecule has 5 nitrogen and oxygen atoms in total. The van der Waals surface area contributed by atoms with E-state index in [1.807, 2.05) is 0 Å². The molecule has 14 heavy (non-hydrogen) atoms. The number of aromatic nitrogens is 3. The second kappa shape index (κ2) is 3.64. The third-order valence-electron chi connectivity index (χ3n) is 1.45. The monoisotopic (exact) mass is 208 g/mol. The van der Waals surface area contributed by atoms with Gasteiger partial charge < -0.3 is 5.32 Å². The summed E-state index contributed by atoms with van der Waals surface area (Å²) in [7, 11) is 1.39. The van der Waals surface area contributed by atoms with Crippen LogP contribution in [0.2, 0.25) is 0 Å². The highest BCUT2D eigenvalue weighted by Gasteiger charge is 2.30. The lowest BCUT2D eigenvalue weighted by molar-refractivity contribution is -0.140. The molecule has 1 aromatic rings. The average molecular weight is 208 g/mol. The van der Waals surface area contributed by atoms with Crippen molar-refractivity contribution in [2.45, 2.75) is 12.7 Å². The first-order chi connectivity index (χ1) is 6.48. The fourth-order valence-electron chi connectivity index (χ4n) is 0.922. The van der Waals surface area contributed by atoms with Crippen molar-refractivity contribution < 1.29 is 18.0 Å². The quantitative estimate of drug-likeness (QED) is 0.742. The normalized spacial score (nSPS) is 11.4. The van der Waals surface area contributed by atoms with Crippen LogP contribution in [-0.2, 0) is 6.54 Å². The molecular formula is C6H7F3N4O. The van der Waals surface area contributed by atoms with Gasteiger partial charge >= 0.3 is 6.18 Å². The van der Waals surface area contributed by atoms with Crippen molar-refractivity contribution >= 4 is 12.2 Å². The highest BCUT2D eigenvalue weighted by molar-refractivity contribution is 5.69. The lowest BCUT2D eigenvalue weighted by Crippen LogP contribution is -2.20. The third-order valence-corrected chi connectivity index (χ3v) is 1.45. The summed E-state index contributed by atoms with van der Waals surface area (Å²) >= 11 is 0. The number of nitrogens with one attached hydrogen (secondary N) is 1. The maximum absolute atomic E-state index is 12.0. The van der Waals surface area contributed by atoms with Gasteiger partial charge in [-0.15, -0.1) is 10.2 Å². The fourth-order valence-corrected chi connectivity index (χ4v) is 0.922. The van der Waals surface area contributed by atoms with Crippen LogP contribution in [0.5, 0.6) is 0 Å². The number of anilines is 1. The molecule has 1 heterocycles. The second-order valence-electron chi connectivity index (χ2n) is 2.45. The van der Waals surface area contributed by atoms with Gasteiger partial charge in [0.15, 0.2) is 12.1 Å². The zero-order valence-corrected chi connectivity index (χ0v) is 7.17. The summed E-state index contributed by atoms with van der Waals surface area (Å²) in [4.78, 5) is 10.3. The Balaban J connectivity index is 3.03. The van der Waals surface area contributed by atoms with E-state index >= 15 is 0 Å². The first-order valence-corrected chi connectivity index (χ1v) is 3.61. The van der Waals surface area contributed by atoms with Gasteiger partial charge in [0.05, 0.1) is 0 Å². The van der Waals surface area contributed by atoms with Crippen LogP contribution < -0.4 is 5.32 Å². The van der Waals surface area contributed by atoms with Crippen molar-refractivity contribution in [1.29, 1.82) is 0 Å². The predicted molar refractivity (Wildman–Crippen MR) is 41.0 cm³/mol. The molecule has 0 aliphatic rings. The summed E-state index contributed by atoms with van der Waals surface area (Å²) < 4.78 is 36.8. The van der Waals surface area contributed by atoms with Crippen LogP contribution in [0.4, 0.5) is 19.1 Å². The Bertz CT molecular complexity index is 332. The van der Waals surface area contributed by atoms with E-state index in [-0.39, 0.29) is 18.1 Å². The zero-order valence-electron chi connectivity index (χ0n) is 7.17. The van der Waals surface area contributed by atoms with E-state index in [1.165, 1.54) is 7.05 Å². The Morgan fingerprint density at radius 2 is 2.14 bits per heavy atom. The number of aldehydes is 1. The standard InChI is InChI=1S/C6H7F3N4O/c1-10-5-12-11-4(2-14)13(5)3-6(7,8)9/h2H,3H2,1H3,(H,10,12). The first-order valence-electron chi connectivity index (χ1n) is 3.61. The number of nitrogens with zero attached hydrogens (tertiary/aromatic N) is 3. The molecular weight excluding hydrogens is 201 g/mol. The molecule has 0 saturated heterocycles. The Hall–Kier alpha value is -1.60. The summed E-state index contributed by atoms with van der Waals surface area (Å²) in [5.74, 6) is -0.448. The number of hydrogen-bond donors (Lipinski definition) is 1. The van der Waals surface area contributed by atoms with Crippen molar-refractivity contribution in [3.05, 3.63) is 5.82 Å². The summed E-state index contributed by atoms with van der Waals surface area (Å²) in [6.45, 7) is -1.29. The summed E-state index contributed by atoms with van der Waals surface area (Å²) in [6, 6.07) is 0. The molecule has 0 aliphatic heterocycles. The molecule has 0 aliphatic carbocycles. The summed E-state index contributed by atoms with van der Waals surface area (Å²) in [6.07, 6.45) is -4.19. The first kappa shape index (κ1) is 10.5. The van der Waals surface area contributed by atoms with E-state index in [0.717, 1.165) is 0 Å². The molecule has 0 aromatic carbocycles. The van der Waals surface area contributed by atoms with E-state index in [4.69, 9.17) is 0 Å². The molecule has 0 radical (unpaired) electrons. The lowest BCUT2D eigenvalue weighted by atomic mass is 10.5. The van der Waals surface area contributed by atoms with Crippen LogP contribution in [0.15, 0.2) is 0 Å². The van der Waals surface area contributed by atoms with Crippen molar-refractivity contribution in [3.63, 3.8) is 0 Å². The van der Waals surface area contributed by atoms with Crippen molar-refractivity contribution in [2.75, 3.05) is 12.4 Å². The molecule has 1 N–H and O–H groups in total. The molecule has 1 aromatic heterocycles. The van der Waals surface area contributed by atoms with Gasteiger partial charge in [0, 0.05) is 7.05 Å². The van der Waals surface area contributed by atoms with Crippen LogP contribution >= 0.6 is 0 Å². The number of halogens is 3. The predicted octanol–water partition coefficient (Wildman–Crippen LogP) is 0.695. The van der Waals surface area contributed by atoms with Gasteiger partial charge in [0.2, 0.25) is 5.95 Å².